The summed E-state index contributed by atoms with van der Waals surface area (Å²) in [6.45, 7) is 3.08. The molecule has 0 fully saturated rings. The standard InChI is InChI=1S/C26H24N4O2/c31-26(27-16-24-28-25(29-32-24)21-7-2-1-3-8-21)22-12-10-19(11-13-22)17-30-15-14-20-6-4-5-9-23(20)18-30/h1-13H,14-18H2,(H,27,31). The van der Waals surface area contributed by atoms with Crippen LogP contribution in [0.15, 0.2) is 83.4 Å². The number of benzene rings is 3. The van der Waals surface area contributed by atoms with Crippen LogP contribution in [0.4, 0.5) is 0 Å². The summed E-state index contributed by atoms with van der Waals surface area (Å²) < 4.78 is 5.25. The molecule has 0 saturated heterocycles. The highest BCUT2D eigenvalue weighted by Crippen LogP contribution is 2.20. The molecule has 4 aromatic rings. The van der Waals surface area contributed by atoms with Crippen LogP contribution in [-0.2, 0) is 26.1 Å². The van der Waals surface area contributed by atoms with Gasteiger partial charge in [0.25, 0.3) is 5.91 Å². The van der Waals surface area contributed by atoms with E-state index >= 15 is 0 Å². The van der Waals surface area contributed by atoms with Crippen molar-refractivity contribution in [3.8, 4) is 11.4 Å². The summed E-state index contributed by atoms with van der Waals surface area (Å²) in [7, 11) is 0. The molecule has 2 heterocycles. The third kappa shape index (κ3) is 4.60. The van der Waals surface area contributed by atoms with Gasteiger partial charge in [0.05, 0.1) is 6.54 Å². The Labute approximate surface area is 186 Å². The van der Waals surface area contributed by atoms with E-state index in [4.69, 9.17) is 4.52 Å². The van der Waals surface area contributed by atoms with Crippen molar-refractivity contribution in [2.45, 2.75) is 26.1 Å². The van der Waals surface area contributed by atoms with E-state index in [1.807, 2.05) is 54.6 Å². The van der Waals surface area contributed by atoms with E-state index in [2.05, 4.69) is 44.6 Å². The maximum Gasteiger partial charge on any atom is 0.251 e. The van der Waals surface area contributed by atoms with Crippen molar-refractivity contribution in [1.82, 2.24) is 20.4 Å². The molecule has 0 radical (unpaired) electrons. The zero-order valence-electron chi connectivity index (χ0n) is 17.7. The van der Waals surface area contributed by atoms with Crippen molar-refractivity contribution in [3.63, 3.8) is 0 Å². The Kier molecular flexibility index (Phi) is 5.77. The second kappa shape index (κ2) is 9.16. The maximum atomic E-state index is 12.5. The quantitative estimate of drug-likeness (QED) is 0.502. The predicted molar refractivity (Wildman–Crippen MR) is 122 cm³/mol. The van der Waals surface area contributed by atoms with E-state index in [-0.39, 0.29) is 12.5 Å². The molecule has 0 atom stereocenters. The van der Waals surface area contributed by atoms with Gasteiger partial charge in [-0.15, -0.1) is 0 Å². The lowest BCUT2D eigenvalue weighted by atomic mass is 9.99. The molecule has 3 aromatic carbocycles. The van der Waals surface area contributed by atoms with E-state index in [0.29, 0.717) is 17.3 Å². The molecule has 6 nitrogen and oxygen atoms in total. The van der Waals surface area contributed by atoms with Crippen LogP contribution in [0.2, 0.25) is 0 Å². The molecule has 0 unspecified atom stereocenters. The minimum atomic E-state index is -0.164. The number of carbonyl (C=O) groups is 1. The monoisotopic (exact) mass is 424 g/mol. The lowest BCUT2D eigenvalue weighted by Gasteiger charge is -2.28. The van der Waals surface area contributed by atoms with Crippen LogP contribution in [0.25, 0.3) is 11.4 Å². The van der Waals surface area contributed by atoms with E-state index in [0.717, 1.165) is 31.6 Å². The lowest BCUT2D eigenvalue weighted by Crippen LogP contribution is -2.30. The molecule has 6 heteroatoms. The third-order valence-corrected chi connectivity index (χ3v) is 5.73. The van der Waals surface area contributed by atoms with Crippen molar-refractivity contribution >= 4 is 5.91 Å². The fourth-order valence-electron chi connectivity index (χ4n) is 4.00. The molecule has 160 valence electrons. The van der Waals surface area contributed by atoms with Crippen molar-refractivity contribution in [2.75, 3.05) is 6.54 Å². The van der Waals surface area contributed by atoms with E-state index in [1.54, 1.807) is 0 Å². The van der Waals surface area contributed by atoms with Crippen LogP contribution in [0.5, 0.6) is 0 Å². The molecule has 5 rings (SSSR count). The molecule has 0 spiro atoms. The Hall–Kier alpha value is -3.77. The van der Waals surface area contributed by atoms with Gasteiger partial charge in [-0.2, -0.15) is 4.98 Å². The summed E-state index contributed by atoms with van der Waals surface area (Å²) in [5, 5.41) is 6.82. The van der Waals surface area contributed by atoms with Gasteiger partial charge >= 0.3 is 0 Å². The molecule has 0 saturated carbocycles. The fourth-order valence-corrected chi connectivity index (χ4v) is 4.00. The summed E-state index contributed by atoms with van der Waals surface area (Å²) in [4.78, 5) is 19.3. The number of hydrogen-bond acceptors (Lipinski definition) is 5. The second-order valence-electron chi connectivity index (χ2n) is 7.99. The van der Waals surface area contributed by atoms with Gasteiger partial charge < -0.3 is 9.84 Å². The van der Waals surface area contributed by atoms with Crippen LogP contribution in [0.3, 0.4) is 0 Å². The minimum Gasteiger partial charge on any atom is -0.343 e. The molecule has 1 N–H and O–H groups in total. The second-order valence-corrected chi connectivity index (χ2v) is 7.99. The molecule has 1 aromatic heterocycles. The van der Waals surface area contributed by atoms with Crippen LogP contribution < -0.4 is 5.32 Å². The summed E-state index contributed by atoms with van der Waals surface area (Å²) in [5.41, 5.74) is 5.55. The van der Waals surface area contributed by atoms with Gasteiger partial charge in [0.1, 0.15) is 0 Å². The predicted octanol–water partition coefficient (Wildman–Crippen LogP) is 4.22. The first-order valence-corrected chi connectivity index (χ1v) is 10.8. The molecule has 0 bridgehead atoms. The van der Waals surface area contributed by atoms with Gasteiger partial charge in [0.15, 0.2) is 0 Å². The smallest absolute Gasteiger partial charge is 0.251 e. The normalized spacial score (nSPS) is 13.5. The molecular weight excluding hydrogens is 400 g/mol. The van der Waals surface area contributed by atoms with Crippen LogP contribution >= 0.6 is 0 Å². The Bertz CT molecular complexity index is 1200. The number of nitrogens with one attached hydrogen (secondary N) is 1. The molecule has 1 amide bonds. The third-order valence-electron chi connectivity index (χ3n) is 5.73. The number of fused-ring (bicyclic) bond motifs is 1. The Morgan fingerprint density at radius 3 is 2.50 bits per heavy atom. The van der Waals surface area contributed by atoms with Gasteiger partial charge in [0, 0.05) is 30.8 Å². The van der Waals surface area contributed by atoms with Crippen molar-refractivity contribution < 1.29 is 9.32 Å². The van der Waals surface area contributed by atoms with E-state index in [9.17, 15) is 4.79 Å². The summed E-state index contributed by atoms with van der Waals surface area (Å²) in [6, 6.07) is 26.0. The summed E-state index contributed by atoms with van der Waals surface area (Å²) >= 11 is 0. The Morgan fingerprint density at radius 2 is 1.69 bits per heavy atom. The van der Waals surface area contributed by atoms with Crippen LogP contribution in [0, 0.1) is 0 Å². The zero-order chi connectivity index (χ0) is 21.8. The molecule has 1 aliphatic heterocycles. The van der Waals surface area contributed by atoms with Gasteiger partial charge in [-0.1, -0.05) is 71.9 Å². The maximum absolute atomic E-state index is 12.5. The summed E-state index contributed by atoms with van der Waals surface area (Å²) in [5.74, 6) is 0.724. The van der Waals surface area contributed by atoms with Crippen LogP contribution in [0.1, 0.15) is 32.9 Å². The van der Waals surface area contributed by atoms with Gasteiger partial charge in [0.2, 0.25) is 11.7 Å². The molecule has 32 heavy (non-hydrogen) atoms. The number of aromatic nitrogens is 2. The number of amides is 1. The number of hydrogen-bond donors (Lipinski definition) is 1. The average molecular weight is 425 g/mol. The first-order valence-electron chi connectivity index (χ1n) is 10.8. The highest BCUT2D eigenvalue weighted by molar-refractivity contribution is 5.94. The van der Waals surface area contributed by atoms with Crippen molar-refractivity contribution in [2.24, 2.45) is 0 Å². The first kappa shape index (κ1) is 20.2. The van der Waals surface area contributed by atoms with Gasteiger partial charge in [-0.25, -0.2) is 0 Å². The van der Waals surface area contributed by atoms with E-state index < -0.39 is 0 Å². The Balaban J connectivity index is 1.15. The molecular formula is C26H24N4O2. The fraction of sp³-hybridized carbons (Fsp3) is 0.192. The Morgan fingerprint density at radius 1 is 0.938 bits per heavy atom. The van der Waals surface area contributed by atoms with Gasteiger partial charge in [-0.05, 0) is 35.2 Å². The largest absolute Gasteiger partial charge is 0.343 e. The molecule has 1 aliphatic rings. The number of rotatable bonds is 6. The number of nitrogens with zero attached hydrogens (tertiary/aromatic N) is 3. The van der Waals surface area contributed by atoms with E-state index in [1.165, 1.54) is 16.7 Å². The van der Waals surface area contributed by atoms with Gasteiger partial charge in [-0.3, -0.25) is 9.69 Å². The lowest BCUT2D eigenvalue weighted by molar-refractivity contribution is 0.0946. The SMILES string of the molecule is O=C(NCc1nc(-c2ccccc2)no1)c1ccc(CN2CCc3ccccc3C2)cc1. The highest BCUT2D eigenvalue weighted by atomic mass is 16.5. The highest BCUT2D eigenvalue weighted by Gasteiger charge is 2.16. The number of carbonyl (C=O) groups excluding carboxylic acids is 1. The zero-order valence-corrected chi connectivity index (χ0v) is 17.7. The van der Waals surface area contributed by atoms with Crippen LogP contribution in [-0.4, -0.2) is 27.5 Å². The summed E-state index contributed by atoms with van der Waals surface area (Å²) in [6.07, 6.45) is 1.08. The van der Waals surface area contributed by atoms with Crippen molar-refractivity contribution in [1.29, 1.82) is 0 Å². The molecule has 0 aliphatic carbocycles. The minimum absolute atomic E-state index is 0.164. The topological polar surface area (TPSA) is 71.3 Å². The van der Waals surface area contributed by atoms with Crippen molar-refractivity contribution in [3.05, 3.63) is 107 Å². The first-order chi connectivity index (χ1) is 15.7. The average Bonchev–Trinajstić information content (AvgIpc) is 3.33.